The highest BCUT2D eigenvalue weighted by Crippen LogP contribution is 2.10. The maximum atomic E-state index is 5.04. The van der Waals surface area contributed by atoms with Gasteiger partial charge in [0.05, 0.1) is 12.3 Å². The number of hydrogen-bond donors (Lipinski definition) is 1. The summed E-state index contributed by atoms with van der Waals surface area (Å²) in [4.78, 5) is 4.46. The Labute approximate surface area is 106 Å². The fourth-order valence-corrected chi connectivity index (χ4v) is 2.59. The van der Waals surface area contributed by atoms with Crippen molar-refractivity contribution in [1.29, 1.82) is 0 Å². The van der Waals surface area contributed by atoms with Crippen LogP contribution < -0.4 is 5.32 Å². The SMILES string of the molecule is COCc1nc(CNCCCCSC)cs1. The Balaban J connectivity index is 2.07. The van der Waals surface area contributed by atoms with Crippen LogP contribution in [0.2, 0.25) is 0 Å². The van der Waals surface area contributed by atoms with E-state index in [0.717, 1.165) is 23.8 Å². The minimum absolute atomic E-state index is 0.623. The molecule has 0 aromatic carbocycles. The molecule has 1 aromatic rings. The van der Waals surface area contributed by atoms with Crippen LogP contribution in [0.15, 0.2) is 5.38 Å². The molecule has 0 unspecified atom stereocenters. The fourth-order valence-electron chi connectivity index (χ4n) is 1.33. The molecule has 0 bridgehead atoms. The predicted molar refractivity (Wildman–Crippen MR) is 72.1 cm³/mol. The van der Waals surface area contributed by atoms with Crippen LogP contribution in [0.4, 0.5) is 0 Å². The zero-order valence-corrected chi connectivity index (χ0v) is 11.6. The number of thiazole rings is 1. The van der Waals surface area contributed by atoms with E-state index in [-0.39, 0.29) is 0 Å². The molecule has 0 fully saturated rings. The molecule has 0 radical (unpaired) electrons. The van der Waals surface area contributed by atoms with Gasteiger partial charge in [0, 0.05) is 19.0 Å². The molecule has 0 saturated heterocycles. The fraction of sp³-hybridized carbons (Fsp3) is 0.727. The molecule has 1 N–H and O–H groups in total. The summed E-state index contributed by atoms with van der Waals surface area (Å²) < 4.78 is 5.04. The van der Waals surface area contributed by atoms with Crippen LogP contribution in [0.25, 0.3) is 0 Å². The topological polar surface area (TPSA) is 34.1 Å². The maximum Gasteiger partial charge on any atom is 0.119 e. The Bertz CT molecular complexity index is 279. The van der Waals surface area contributed by atoms with E-state index in [1.807, 2.05) is 11.8 Å². The normalized spacial score (nSPS) is 10.9. The zero-order chi connectivity index (χ0) is 11.6. The Kier molecular flexibility index (Phi) is 7.84. The second-order valence-corrected chi connectivity index (χ2v) is 5.47. The van der Waals surface area contributed by atoms with Gasteiger partial charge in [0.1, 0.15) is 5.01 Å². The van der Waals surface area contributed by atoms with Crippen LogP contribution in [-0.4, -0.2) is 30.6 Å². The molecule has 16 heavy (non-hydrogen) atoms. The number of thioether (sulfide) groups is 1. The molecule has 1 rings (SSSR count). The molecule has 1 aromatic heterocycles. The van der Waals surface area contributed by atoms with Crippen molar-refractivity contribution in [3.63, 3.8) is 0 Å². The third-order valence-electron chi connectivity index (χ3n) is 2.13. The number of aromatic nitrogens is 1. The molecular formula is C11H20N2OS2. The summed E-state index contributed by atoms with van der Waals surface area (Å²) in [5.41, 5.74) is 1.13. The van der Waals surface area contributed by atoms with Crippen molar-refractivity contribution < 1.29 is 4.74 Å². The van der Waals surface area contributed by atoms with E-state index >= 15 is 0 Å². The lowest BCUT2D eigenvalue weighted by atomic mass is 10.3. The van der Waals surface area contributed by atoms with Crippen molar-refractivity contribution in [2.75, 3.05) is 25.7 Å². The van der Waals surface area contributed by atoms with Crippen LogP contribution in [0.5, 0.6) is 0 Å². The Morgan fingerprint density at radius 3 is 3.12 bits per heavy atom. The molecule has 0 aliphatic carbocycles. The van der Waals surface area contributed by atoms with Crippen molar-refractivity contribution in [3.05, 3.63) is 16.1 Å². The van der Waals surface area contributed by atoms with Gasteiger partial charge in [-0.25, -0.2) is 4.98 Å². The van der Waals surface area contributed by atoms with E-state index in [1.165, 1.54) is 18.6 Å². The standard InChI is InChI=1S/C11H20N2OS2/c1-14-8-11-13-10(9-16-11)7-12-5-3-4-6-15-2/h9,12H,3-8H2,1-2H3. The number of methoxy groups -OCH3 is 1. The van der Waals surface area contributed by atoms with E-state index in [2.05, 4.69) is 21.9 Å². The van der Waals surface area contributed by atoms with E-state index < -0.39 is 0 Å². The van der Waals surface area contributed by atoms with Crippen molar-refractivity contribution in [2.24, 2.45) is 0 Å². The largest absolute Gasteiger partial charge is 0.378 e. The first-order valence-electron chi connectivity index (χ1n) is 5.48. The van der Waals surface area contributed by atoms with Gasteiger partial charge in [-0.1, -0.05) is 0 Å². The van der Waals surface area contributed by atoms with Gasteiger partial charge in [-0.2, -0.15) is 11.8 Å². The summed E-state index contributed by atoms with van der Waals surface area (Å²) in [5.74, 6) is 1.26. The van der Waals surface area contributed by atoms with Gasteiger partial charge in [0.2, 0.25) is 0 Å². The average Bonchev–Trinajstić information content (AvgIpc) is 2.72. The van der Waals surface area contributed by atoms with Gasteiger partial charge < -0.3 is 10.1 Å². The first-order chi connectivity index (χ1) is 7.86. The summed E-state index contributed by atoms with van der Waals surface area (Å²) in [6.07, 6.45) is 4.69. The van der Waals surface area contributed by atoms with Crippen LogP contribution in [0.1, 0.15) is 23.5 Å². The van der Waals surface area contributed by atoms with Gasteiger partial charge in [0.25, 0.3) is 0 Å². The Morgan fingerprint density at radius 1 is 1.50 bits per heavy atom. The summed E-state index contributed by atoms with van der Waals surface area (Å²) >= 11 is 3.58. The summed E-state index contributed by atoms with van der Waals surface area (Å²) in [6.45, 7) is 2.58. The lowest BCUT2D eigenvalue weighted by Gasteiger charge is -2.01. The molecular weight excluding hydrogens is 240 g/mol. The van der Waals surface area contributed by atoms with Crippen LogP contribution in [-0.2, 0) is 17.9 Å². The monoisotopic (exact) mass is 260 g/mol. The number of ether oxygens (including phenoxy) is 1. The Hall–Kier alpha value is -0.100. The first kappa shape index (κ1) is 14.0. The van der Waals surface area contributed by atoms with Crippen LogP contribution in [0, 0.1) is 0 Å². The summed E-state index contributed by atoms with van der Waals surface area (Å²) in [6, 6.07) is 0. The number of unbranched alkanes of at least 4 members (excludes halogenated alkanes) is 1. The highest BCUT2D eigenvalue weighted by Gasteiger charge is 2.00. The van der Waals surface area contributed by atoms with Crippen molar-refractivity contribution in [1.82, 2.24) is 10.3 Å². The second kappa shape index (κ2) is 8.98. The zero-order valence-electron chi connectivity index (χ0n) is 9.99. The summed E-state index contributed by atoms with van der Waals surface area (Å²) in [7, 11) is 1.70. The number of nitrogens with one attached hydrogen (secondary N) is 1. The number of rotatable bonds is 9. The minimum Gasteiger partial charge on any atom is -0.378 e. The molecule has 1 heterocycles. The third kappa shape index (κ3) is 5.84. The number of hydrogen-bond acceptors (Lipinski definition) is 5. The van der Waals surface area contributed by atoms with Crippen LogP contribution in [0.3, 0.4) is 0 Å². The molecule has 92 valence electrons. The lowest BCUT2D eigenvalue weighted by molar-refractivity contribution is 0.184. The second-order valence-electron chi connectivity index (χ2n) is 3.54. The molecule has 0 atom stereocenters. The molecule has 0 aliphatic rings. The third-order valence-corrected chi connectivity index (χ3v) is 3.69. The minimum atomic E-state index is 0.623. The van der Waals surface area contributed by atoms with E-state index in [0.29, 0.717) is 6.61 Å². The van der Waals surface area contributed by atoms with Crippen LogP contribution >= 0.6 is 23.1 Å². The van der Waals surface area contributed by atoms with Gasteiger partial charge >= 0.3 is 0 Å². The number of nitrogens with zero attached hydrogens (tertiary/aromatic N) is 1. The molecule has 5 heteroatoms. The smallest absolute Gasteiger partial charge is 0.119 e. The maximum absolute atomic E-state index is 5.04. The van der Waals surface area contributed by atoms with E-state index in [4.69, 9.17) is 4.74 Å². The molecule has 0 amide bonds. The van der Waals surface area contributed by atoms with Crippen molar-refractivity contribution >= 4 is 23.1 Å². The Morgan fingerprint density at radius 2 is 2.38 bits per heavy atom. The molecule has 3 nitrogen and oxygen atoms in total. The van der Waals surface area contributed by atoms with Gasteiger partial charge in [-0.15, -0.1) is 11.3 Å². The highest BCUT2D eigenvalue weighted by molar-refractivity contribution is 7.98. The molecule has 0 spiro atoms. The van der Waals surface area contributed by atoms with E-state index in [1.54, 1.807) is 18.4 Å². The average molecular weight is 260 g/mol. The van der Waals surface area contributed by atoms with Gasteiger partial charge in [0.15, 0.2) is 0 Å². The first-order valence-corrected chi connectivity index (χ1v) is 7.76. The van der Waals surface area contributed by atoms with Crippen molar-refractivity contribution in [3.8, 4) is 0 Å². The lowest BCUT2D eigenvalue weighted by Crippen LogP contribution is -2.15. The molecule has 0 aliphatic heterocycles. The quantitative estimate of drug-likeness (QED) is 0.692. The van der Waals surface area contributed by atoms with Crippen molar-refractivity contribution in [2.45, 2.75) is 26.0 Å². The van der Waals surface area contributed by atoms with Gasteiger partial charge in [-0.3, -0.25) is 0 Å². The molecule has 0 saturated carbocycles. The van der Waals surface area contributed by atoms with Gasteiger partial charge in [-0.05, 0) is 31.4 Å². The summed E-state index contributed by atoms with van der Waals surface area (Å²) in [5, 5.41) is 6.57. The highest BCUT2D eigenvalue weighted by atomic mass is 32.2. The van der Waals surface area contributed by atoms with E-state index in [9.17, 15) is 0 Å². The predicted octanol–water partition coefficient (Wildman–Crippen LogP) is 2.52.